The number of rotatable bonds is 7. The van der Waals surface area contributed by atoms with Crippen molar-refractivity contribution in [1.82, 2.24) is 9.80 Å². The van der Waals surface area contributed by atoms with E-state index in [4.69, 9.17) is 4.74 Å². The van der Waals surface area contributed by atoms with Crippen LogP contribution in [0.5, 0.6) is 0 Å². The van der Waals surface area contributed by atoms with Crippen molar-refractivity contribution >= 4 is 5.97 Å². The second-order valence-corrected chi connectivity index (χ2v) is 5.72. The summed E-state index contributed by atoms with van der Waals surface area (Å²) in [4.78, 5) is 16.4. The topological polar surface area (TPSA) is 32.8 Å². The van der Waals surface area contributed by atoms with Gasteiger partial charge in [0.2, 0.25) is 0 Å². The Hall–Kier alpha value is -0.610. The maximum absolute atomic E-state index is 11.2. The lowest BCUT2D eigenvalue weighted by atomic mass is 9.91. The van der Waals surface area contributed by atoms with E-state index in [-0.39, 0.29) is 5.97 Å². The van der Waals surface area contributed by atoms with Gasteiger partial charge >= 0.3 is 5.97 Å². The summed E-state index contributed by atoms with van der Waals surface area (Å²) in [6, 6.07) is 0.894. The van der Waals surface area contributed by atoms with Gasteiger partial charge in [0.1, 0.15) is 0 Å². The van der Waals surface area contributed by atoms with Crippen LogP contribution in [0.1, 0.15) is 45.4 Å². The standard InChI is InChI=1S/C15H28N2O2/c1-2-19-15(18)8-3-4-9-16-10-12-17(13-11-16)14-6-5-7-14/h14H,2-13H2,1H3. The van der Waals surface area contributed by atoms with Crippen LogP contribution in [0.3, 0.4) is 0 Å². The van der Waals surface area contributed by atoms with Crippen molar-refractivity contribution in [3.63, 3.8) is 0 Å². The third-order valence-corrected chi connectivity index (χ3v) is 4.41. The second kappa shape index (κ2) is 7.85. The van der Waals surface area contributed by atoms with Gasteiger partial charge < -0.3 is 9.64 Å². The lowest BCUT2D eigenvalue weighted by molar-refractivity contribution is -0.143. The molecule has 4 nitrogen and oxygen atoms in total. The van der Waals surface area contributed by atoms with Gasteiger partial charge in [0.05, 0.1) is 6.61 Å². The molecule has 1 aliphatic carbocycles. The van der Waals surface area contributed by atoms with E-state index < -0.39 is 0 Å². The van der Waals surface area contributed by atoms with E-state index in [0.717, 1.165) is 25.4 Å². The van der Waals surface area contributed by atoms with Gasteiger partial charge in [-0.25, -0.2) is 0 Å². The summed E-state index contributed by atoms with van der Waals surface area (Å²) in [7, 11) is 0. The molecule has 0 radical (unpaired) electrons. The van der Waals surface area contributed by atoms with Gasteiger partial charge in [-0.1, -0.05) is 6.42 Å². The van der Waals surface area contributed by atoms with E-state index in [1.807, 2.05) is 6.92 Å². The van der Waals surface area contributed by atoms with Crippen LogP contribution in [0.2, 0.25) is 0 Å². The van der Waals surface area contributed by atoms with Gasteiger partial charge in [-0.3, -0.25) is 9.69 Å². The summed E-state index contributed by atoms with van der Waals surface area (Å²) in [5, 5.41) is 0. The Labute approximate surface area is 117 Å². The Balaban J connectivity index is 1.49. The van der Waals surface area contributed by atoms with Gasteiger partial charge in [0.25, 0.3) is 0 Å². The highest BCUT2D eigenvalue weighted by Gasteiger charge is 2.27. The maximum atomic E-state index is 11.2. The van der Waals surface area contributed by atoms with E-state index in [0.29, 0.717) is 13.0 Å². The molecule has 1 heterocycles. The van der Waals surface area contributed by atoms with Gasteiger partial charge in [0, 0.05) is 38.6 Å². The molecule has 0 aromatic rings. The fraction of sp³-hybridized carbons (Fsp3) is 0.933. The average Bonchev–Trinajstić information content (AvgIpc) is 2.35. The van der Waals surface area contributed by atoms with Crippen molar-refractivity contribution in [2.24, 2.45) is 0 Å². The minimum absolute atomic E-state index is 0.0442. The van der Waals surface area contributed by atoms with Crippen molar-refractivity contribution in [3.05, 3.63) is 0 Å². The molecule has 1 saturated heterocycles. The zero-order valence-electron chi connectivity index (χ0n) is 12.3. The number of piperazine rings is 1. The number of hydrogen-bond acceptors (Lipinski definition) is 4. The minimum atomic E-state index is -0.0442. The zero-order valence-corrected chi connectivity index (χ0v) is 12.3. The normalized spacial score (nSPS) is 22.2. The molecule has 0 N–H and O–H groups in total. The first kappa shape index (κ1) is 14.8. The number of hydrogen-bond donors (Lipinski definition) is 0. The quantitative estimate of drug-likeness (QED) is 0.521. The van der Waals surface area contributed by atoms with Crippen LogP contribution in [0.4, 0.5) is 0 Å². The fourth-order valence-corrected chi connectivity index (χ4v) is 2.94. The fourth-order valence-electron chi connectivity index (χ4n) is 2.94. The van der Waals surface area contributed by atoms with Gasteiger partial charge in [-0.15, -0.1) is 0 Å². The highest BCUT2D eigenvalue weighted by Crippen LogP contribution is 2.25. The molecule has 0 amide bonds. The lowest BCUT2D eigenvalue weighted by Crippen LogP contribution is -2.52. The Bertz CT molecular complexity index is 271. The minimum Gasteiger partial charge on any atom is -0.466 e. The summed E-state index contributed by atoms with van der Waals surface area (Å²) in [6.07, 6.45) is 6.91. The summed E-state index contributed by atoms with van der Waals surface area (Å²) in [5.41, 5.74) is 0. The molecule has 1 saturated carbocycles. The SMILES string of the molecule is CCOC(=O)CCCCN1CCN(C2CCC2)CC1. The number of carbonyl (C=O) groups is 1. The molecule has 0 spiro atoms. The maximum Gasteiger partial charge on any atom is 0.305 e. The summed E-state index contributed by atoms with van der Waals surface area (Å²) < 4.78 is 4.93. The number of nitrogens with zero attached hydrogens (tertiary/aromatic N) is 2. The Morgan fingerprint density at radius 2 is 1.89 bits per heavy atom. The highest BCUT2D eigenvalue weighted by atomic mass is 16.5. The third kappa shape index (κ3) is 4.77. The molecule has 2 rings (SSSR count). The first-order valence-electron chi connectivity index (χ1n) is 7.91. The zero-order chi connectivity index (χ0) is 13.5. The van der Waals surface area contributed by atoms with E-state index in [1.54, 1.807) is 0 Å². The predicted molar refractivity (Wildman–Crippen MR) is 76.1 cm³/mol. The first-order chi connectivity index (χ1) is 9.29. The molecular formula is C15H28N2O2. The van der Waals surface area contributed by atoms with Crippen LogP contribution >= 0.6 is 0 Å². The summed E-state index contributed by atoms with van der Waals surface area (Å²) in [5.74, 6) is -0.0442. The van der Waals surface area contributed by atoms with Crippen LogP contribution in [-0.2, 0) is 9.53 Å². The van der Waals surface area contributed by atoms with Gasteiger partial charge in [0.15, 0.2) is 0 Å². The van der Waals surface area contributed by atoms with Gasteiger partial charge in [-0.2, -0.15) is 0 Å². The summed E-state index contributed by atoms with van der Waals surface area (Å²) in [6.45, 7) is 8.39. The average molecular weight is 268 g/mol. The van der Waals surface area contributed by atoms with Crippen LogP contribution in [0.15, 0.2) is 0 Å². The van der Waals surface area contributed by atoms with E-state index in [2.05, 4.69) is 9.80 Å². The Morgan fingerprint density at radius 3 is 2.47 bits per heavy atom. The van der Waals surface area contributed by atoms with Crippen molar-refractivity contribution < 1.29 is 9.53 Å². The Kier molecular flexibility index (Phi) is 6.11. The molecule has 1 aliphatic heterocycles. The second-order valence-electron chi connectivity index (χ2n) is 5.72. The van der Waals surface area contributed by atoms with Gasteiger partial charge in [-0.05, 0) is 39.2 Å². The number of esters is 1. The molecule has 19 heavy (non-hydrogen) atoms. The van der Waals surface area contributed by atoms with E-state index >= 15 is 0 Å². The Morgan fingerprint density at radius 1 is 1.16 bits per heavy atom. The molecule has 110 valence electrons. The van der Waals surface area contributed by atoms with E-state index in [1.165, 1.54) is 45.4 Å². The molecule has 0 aromatic carbocycles. The number of carbonyl (C=O) groups excluding carboxylic acids is 1. The lowest BCUT2D eigenvalue weighted by Gasteiger charge is -2.43. The molecular weight excluding hydrogens is 240 g/mol. The van der Waals surface area contributed by atoms with Crippen LogP contribution in [0, 0.1) is 0 Å². The monoisotopic (exact) mass is 268 g/mol. The molecule has 2 fully saturated rings. The first-order valence-corrected chi connectivity index (χ1v) is 7.91. The number of unbranched alkanes of at least 4 members (excludes halogenated alkanes) is 1. The molecule has 0 unspecified atom stereocenters. The van der Waals surface area contributed by atoms with Crippen molar-refractivity contribution in [1.29, 1.82) is 0 Å². The van der Waals surface area contributed by atoms with Crippen molar-refractivity contribution in [2.75, 3.05) is 39.3 Å². The molecule has 4 heteroatoms. The largest absolute Gasteiger partial charge is 0.466 e. The number of ether oxygens (including phenoxy) is 1. The third-order valence-electron chi connectivity index (χ3n) is 4.41. The van der Waals surface area contributed by atoms with E-state index in [9.17, 15) is 4.79 Å². The summed E-state index contributed by atoms with van der Waals surface area (Å²) >= 11 is 0. The van der Waals surface area contributed by atoms with Crippen LogP contribution < -0.4 is 0 Å². The molecule has 0 aromatic heterocycles. The smallest absolute Gasteiger partial charge is 0.305 e. The van der Waals surface area contributed by atoms with Crippen molar-refractivity contribution in [3.8, 4) is 0 Å². The van der Waals surface area contributed by atoms with Crippen molar-refractivity contribution in [2.45, 2.75) is 51.5 Å². The highest BCUT2D eigenvalue weighted by molar-refractivity contribution is 5.69. The molecule has 2 aliphatic rings. The predicted octanol–water partition coefficient (Wildman–Crippen LogP) is 1.89. The van der Waals surface area contributed by atoms with Crippen LogP contribution in [-0.4, -0.2) is 61.1 Å². The molecule has 0 atom stereocenters. The molecule has 0 bridgehead atoms. The van der Waals surface area contributed by atoms with Crippen LogP contribution in [0.25, 0.3) is 0 Å².